The van der Waals surface area contributed by atoms with Crippen LogP contribution in [0.5, 0.6) is 0 Å². The Morgan fingerprint density at radius 1 is 1.17 bits per heavy atom. The monoisotopic (exact) mass is 167 g/mol. The molecule has 0 aromatic heterocycles. The van der Waals surface area contributed by atoms with Crippen LogP contribution in [0.15, 0.2) is 23.3 Å². The van der Waals surface area contributed by atoms with Crippen molar-refractivity contribution in [1.82, 2.24) is 5.32 Å². The average Bonchev–Trinajstić information content (AvgIpc) is 2.00. The summed E-state index contributed by atoms with van der Waals surface area (Å²) in [6, 6.07) is 0. The predicted octanol–water partition coefficient (Wildman–Crippen LogP) is 2.90. The molecule has 0 saturated heterocycles. The van der Waals surface area contributed by atoms with Gasteiger partial charge in [-0.15, -0.1) is 0 Å². The lowest BCUT2D eigenvalue weighted by Gasteiger charge is -1.98. The van der Waals surface area contributed by atoms with Gasteiger partial charge in [0.25, 0.3) is 0 Å². The molecule has 0 aliphatic rings. The first kappa shape index (κ1) is 11.4. The Balaban J connectivity index is 3.56. The summed E-state index contributed by atoms with van der Waals surface area (Å²) in [7, 11) is 1.97. The first-order valence-corrected chi connectivity index (χ1v) is 4.60. The quantitative estimate of drug-likeness (QED) is 0.621. The van der Waals surface area contributed by atoms with E-state index in [1.165, 1.54) is 24.0 Å². The summed E-state index contributed by atoms with van der Waals surface area (Å²) >= 11 is 0. The normalized spacial score (nSPS) is 11.5. The van der Waals surface area contributed by atoms with E-state index in [9.17, 15) is 0 Å². The standard InChI is InChI=1S/C11H21N/c1-10(2)6-5-7-11(3)8-9-12-4/h6,8,12H,5,7,9H2,1-4H3. The third kappa shape index (κ3) is 7.55. The highest BCUT2D eigenvalue weighted by molar-refractivity contribution is 5.02. The molecule has 0 fully saturated rings. The van der Waals surface area contributed by atoms with E-state index in [0.29, 0.717) is 0 Å². The third-order valence-corrected chi connectivity index (χ3v) is 1.75. The van der Waals surface area contributed by atoms with Gasteiger partial charge in [0, 0.05) is 6.54 Å². The van der Waals surface area contributed by atoms with Crippen molar-refractivity contribution in [2.45, 2.75) is 33.6 Å². The third-order valence-electron chi connectivity index (χ3n) is 1.75. The van der Waals surface area contributed by atoms with Crippen LogP contribution in [0.4, 0.5) is 0 Å². The average molecular weight is 167 g/mol. The highest BCUT2D eigenvalue weighted by Crippen LogP contribution is 2.05. The molecule has 0 spiro atoms. The molecular formula is C11H21N. The SMILES string of the molecule is CNCC=C(C)CCC=C(C)C. The van der Waals surface area contributed by atoms with E-state index in [2.05, 4.69) is 38.2 Å². The number of hydrogen-bond donors (Lipinski definition) is 1. The van der Waals surface area contributed by atoms with Gasteiger partial charge in [-0.3, -0.25) is 0 Å². The highest BCUT2D eigenvalue weighted by Gasteiger charge is 1.87. The zero-order chi connectivity index (χ0) is 9.40. The van der Waals surface area contributed by atoms with Gasteiger partial charge in [0.05, 0.1) is 0 Å². The lowest BCUT2D eigenvalue weighted by molar-refractivity contribution is 0.890. The number of rotatable bonds is 5. The molecule has 1 heteroatoms. The van der Waals surface area contributed by atoms with Gasteiger partial charge in [-0.05, 0) is 40.7 Å². The van der Waals surface area contributed by atoms with Crippen molar-refractivity contribution in [3.05, 3.63) is 23.3 Å². The number of likely N-dealkylation sites (N-methyl/N-ethyl adjacent to an activating group) is 1. The van der Waals surface area contributed by atoms with E-state index in [-0.39, 0.29) is 0 Å². The van der Waals surface area contributed by atoms with Gasteiger partial charge in [-0.1, -0.05) is 23.3 Å². The van der Waals surface area contributed by atoms with Crippen LogP contribution in [-0.2, 0) is 0 Å². The fraction of sp³-hybridized carbons (Fsp3) is 0.636. The van der Waals surface area contributed by atoms with Crippen LogP contribution in [-0.4, -0.2) is 13.6 Å². The smallest absolute Gasteiger partial charge is 0.0134 e. The minimum Gasteiger partial charge on any atom is -0.316 e. The van der Waals surface area contributed by atoms with Crippen molar-refractivity contribution in [3.63, 3.8) is 0 Å². The Hall–Kier alpha value is -0.560. The zero-order valence-corrected chi connectivity index (χ0v) is 8.78. The molecular weight excluding hydrogens is 146 g/mol. The van der Waals surface area contributed by atoms with Gasteiger partial charge < -0.3 is 5.32 Å². The van der Waals surface area contributed by atoms with Crippen LogP contribution in [0.2, 0.25) is 0 Å². The second-order valence-electron chi connectivity index (χ2n) is 3.43. The summed E-state index contributed by atoms with van der Waals surface area (Å²) in [6.45, 7) is 7.47. The van der Waals surface area contributed by atoms with Gasteiger partial charge in [0.2, 0.25) is 0 Å². The second kappa shape index (κ2) is 7.11. The highest BCUT2D eigenvalue weighted by atomic mass is 14.8. The summed E-state index contributed by atoms with van der Waals surface area (Å²) < 4.78 is 0. The van der Waals surface area contributed by atoms with Gasteiger partial charge in [-0.2, -0.15) is 0 Å². The van der Waals surface area contributed by atoms with Gasteiger partial charge in [0.1, 0.15) is 0 Å². The van der Waals surface area contributed by atoms with E-state index in [1.54, 1.807) is 0 Å². The Morgan fingerprint density at radius 3 is 2.33 bits per heavy atom. The van der Waals surface area contributed by atoms with E-state index in [0.717, 1.165) is 6.54 Å². The van der Waals surface area contributed by atoms with Gasteiger partial charge >= 0.3 is 0 Å². The molecule has 0 bridgehead atoms. The van der Waals surface area contributed by atoms with Crippen LogP contribution in [0.25, 0.3) is 0 Å². The first-order chi connectivity index (χ1) is 5.66. The minimum atomic E-state index is 0.987. The maximum Gasteiger partial charge on any atom is 0.0134 e. The lowest BCUT2D eigenvalue weighted by atomic mass is 10.1. The van der Waals surface area contributed by atoms with Crippen molar-refractivity contribution >= 4 is 0 Å². The molecule has 0 rings (SSSR count). The molecule has 0 aliphatic heterocycles. The number of allylic oxidation sites excluding steroid dienone is 3. The van der Waals surface area contributed by atoms with Crippen molar-refractivity contribution in [3.8, 4) is 0 Å². The molecule has 0 radical (unpaired) electrons. The molecule has 0 amide bonds. The molecule has 0 atom stereocenters. The Labute approximate surface area is 76.6 Å². The van der Waals surface area contributed by atoms with Crippen LogP contribution in [0.1, 0.15) is 33.6 Å². The molecule has 0 aromatic carbocycles. The Morgan fingerprint density at radius 2 is 1.83 bits per heavy atom. The van der Waals surface area contributed by atoms with Crippen LogP contribution in [0, 0.1) is 0 Å². The molecule has 0 unspecified atom stereocenters. The molecule has 1 nitrogen and oxygen atoms in total. The van der Waals surface area contributed by atoms with E-state index < -0.39 is 0 Å². The summed E-state index contributed by atoms with van der Waals surface area (Å²) in [5.41, 5.74) is 2.89. The Bertz CT molecular complexity index is 162. The number of nitrogens with one attached hydrogen (secondary N) is 1. The van der Waals surface area contributed by atoms with E-state index >= 15 is 0 Å². The molecule has 12 heavy (non-hydrogen) atoms. The Kier molecular flexibility index (Phi) is 6.78. The minimum absolute atomic E-state index is 0.987. The maximum absolute atomic E-state index is 3.11. The molecule has 0 aromatic rings. The fourth-order valence-corrected chi connectivity index (χ4v) is 0.967. The first-order valence-electron chi connectivity index (χ1n) is 4.60. The van der Waals surface area contributed by atoms with Gasteiger partial charge in [0.15, 0.2) is 0 Å². The summed E-state index contributed by atoms with van der Waals surface area (Å²) in [5.74, 6) is 0. The van der Waals surface area contributed by atoms with Gasteiger partial charge in [-0.25, -0.2) is 0 Å². The second-order valence-corrected chi connectivity index (χ2v) is 3.43. The molecule has 0 saturated carbocycles. The molecule has 1 N–H and O–H groups in total. The topological polar surface area (TPSA) is 12.0 Å². The molecule has 0 aliphatic carbocycles. The van der Waals surface area contributed by atoms with Crippen LogP contribution in [0.3, 0.4) is 0 Å². The molecule has 0 heterocycles. The fourth-order valence-electron chi connectivity index (χ4n) is 0.967. The number of hydrogen-bond acceptors (Lipinski definition) is 1. The predicted molar refractivity (Wildman–Crippen MR) is 56.3 cm³/mol. The molecule has 70 valence electrons. The van der Waals surface area contributed by atoms with Crippen LogP contribution >= 0.6 is 0 Å². The van der Waals surface area contributed by atoms with E-state index in [1.807, 2.05) is 7.05 Å². The van der Waals surface area contributed by atoms with Crippen molar-refractivity contribution < 1.29 is 0 Å². The van der Waals surface area contributed by atoms with Crippen LogP contribution < -0.4 is 5.32 Å². The summed E-state index contributed by atoms with van der Waals surface area (Å²) in [5, 5.41) is 3.11. The summed E-state index contributed by atoms with van der Waals surface area (Å²) in [6.07, 6.45) is 6.90. The van der Waals surface area contributed by atoms with E-state index in [4.69, 9.17) is 0 Å². The summed E-state index contributed by atoms with van der Waals surface area (Å²) in [4.78, 5) is 0. The van der Waals surface area contributed by atoms with Crippen molar-refractivity contribution in [1.29, 1.82) is 0 Å². The lowest BCUT2D eigenvalue weighted by Crippen LogP contribution is -2.04. The van der Waals surface area contributed by atoms with Crippen molar-refractivity contribution in [2.24, 2.45) is 0 Å². The van der Waals surface area contributed by atoms with Crippen molar-refractivity contribution in [2.75, 3.05) is 13.6 Å². The zero-order valence-electron chi connectivity index (χ0n) is 8.78. The largest absolute Gasteiger partial charge is 0.316 e. The maximum atomic E-state index is 3.11.